The van der Waals surface area contributed by atoms with Crippen molar-refractivity contribution in [3.8, 4) is 0 Å². The Kier molecular flexibility index (Phi) is 3.76. The van der Waals surface area contributed by atoms with Gasteiger partial charge in [0, 0.05) is 18.1 Å². The van der Waals surface area contributed by atoms with E-state index in [0.717, 1.165) is 6.07 Å². The lowest BCUT2D eigenvalue weighted by atomic mass is 10.1. The Hall–Kier alpha value is -1.57. The van der Waals surface area contributed by atoms with Gasteiger partial charge in [0.25, 0.3) is 5.69 Å². The number of halogens is 3. The van der Waals surface area contributed by atoms with E-state index in [1.54, 1.807) is 0 Å². The Morgan fingerprint density at radius 3 is 2.41 bits per heavy atom. The zero-order chi connectivity index (χ0) is 13.2. The van der Waals surface area contributed by atoms with Crippen molar-refractivity contribution in [2.24, 2.45) is 0 Å². The largest absolute Gasteiger partial charge is 0.416 e. The van der Waals surface area contributed by atoms with E-state index in [1.165, 1.54) is 0 Å². The van der Waals surface area contributed by atoms with E-state index in [-0.39, 0.29) is 5.56 Å². The molecule has 4 nitrogen and oxygen atoms in total. The SMILES string of the molecule is O=C(S)Cc1ccc(C(F)(F)F)cc1[N+](=O)[O-]. The summed E-state index contributed by atoms with van der Waals surface area (Å²) in [5.41, 5.74) is -1.95. The van der Waals surface area contributed by atoms with Gasteiger partial charge in [0.05, 0.1) is 10.5 Å². The van der Waals surface area contributed by atoms with Crippen LogP contribution in [0.2, 0.25) is 0 Å². The molecule has 0 fully saturated rings. The average Bonchev–Trinajstić information content (AvgIpc) is 2.15. The van der Waals surface area contributed by atoms with E-state index in [4.69, 9.17) is 0 Å². The highest BCUT2D eigenvalue weighted by molar-refractivity contribution is 7.96. The molecule has 0 atom stereocenters. The minimum Gasteiger partial charge on any atom is -0.287 e. The van der Waals surface area contributed by atoms with Crippen LogP contribution >= 0.6 is 12.6 Å². The molecule has 0 aromatic heterocycles. The van der Waals surface area contributed by atoms with Gasteiger partial charge in [-0.3, -0.25) is 14.9 Å². The Labute approximate surface area is 99.0 Å². The molecule has 0 amide bonds. The van der Waals surface area contributed by atoms with Gasteiger partial charge in [-0.15, -0.1) is 12.6 Å². The van der Waals surface area contributed by atoms with Gasteiger partial charge in [0.15, 0.2) is 5.12 Å². The number of benzene rings is 1. The number of thiol groups is 1. The summed E-state index contributed by atoms with van der Waals surface area (Å²) in [5, 5.41) is 9.93. The van der Waals surface area contributed by atoms with Crippen LogP contribution in [0.3, 0.4) is 0 Å². The molecule has 0 heterocycles. The van der Waals surface area contributed by atoms with Gasteiger partial charge >= 0.3 is 6.18 Å². The van der Waals surface area contributed by atoms with Gasteiger partial charge in [-0.25, -0.2) is 0 Å². The maximum atomic E-state index is 12.3. The molecule has 0 radical (unpaired) electrons. The number of carbonyl (C=O) groups excluding carboxylic acids is 1. The molecular formula is C9H6F3NO3S. The third kappa shape index (κ3) is 3.45. The molecule has 92 valence electrons. The number of nitro benzene ring substituents is 1. The highest BCUT2D eigenvalue weighted by Crippen LogP contribution is 2.33. The molecule has 1 rings (SSSR count). The van der Waals surface area contributed by atoms with E-state index in [9.17, 15) is 28.1 Å². The molecule has 0 aliphatic carbocycles. The highest BCUT2D eigenvalue weighted by Gasteiger charge is 2.33. The van der Waals surface area contributed by atoms with Crippen molar-refractivity contribution in [3.63, 3.8) is 0 Å². The first-order valence-corrected chi connectivity index (χ1v) is 4.73. The maximum Gasteiger partial charge on any atom is 0.416 e. The van der Waals surface area contributed by atoms with Crippen LogP contribution in [0.1, 0.15) is 11.1 Å². The molecular weight excluding hydrogens is 259 g/mol. The van der Waals surface area contributed by atoms with Gasteiger partial charge in [0.2, 0.25) is 0 Å². The molecule has 1 aromatic carbocycles. The number of nitro groups is 1. The third-order valence-corrected chi connectivity index (χ3v) is 2.11. The fourth-order valence-electron chi connectivity index (χ4n) is 1.22. The zero-order valence-electron chi connectivity index (χ0n) is 8.19. The van der Waals surface area contributed by atoms with Gasteiger partial charge in [0.1, 0.15) is 0 Å². The van der Waals surface area contributed by atoms with Crippen LogP contribution in [0.15, 0.2) is 18.2 Å². The zero-order valence-corrected chi connectivity index (χ0v) is 9.09. The van der Waals surface area contributed by atoms with Crippen molar-refractivity contribution in [2.75, 3.05) is 0 Å². The standard InChI is InChI=1S/C9H6F3NO3S/c10-9(11,12)6-2-1-5(3-8(14)17)7(4-6)13(15)16/h1-2,4H,3H2,(H,14,17). The lowest BCUT2D eigenvalue weighted by molar-refractivity contribution is -0.385. The van der Waals surface area contributed by atoms with Crippen molar-refractivity contribution in [2.45, 2.75) is 12.6 Å². The van der Waals surface area contributed by atoms with Crippen LogP contribution in [0.25, 0.3) is 0 Å². The van der Waals surface area contributed by atoms with Gasteiger partial charge < -0.3 is 0 Å². The van der Waals surface area contributed by atoms with Crippen LogP contribution in [-0.2, 0) is 17.4 Å². The van der Waals surface area contributed by atoms with Gasteiger partial charge in [-0.2, -0.15) is 13.2 Å². The molecule has 0 saturated carbocycles. The number of nitrogens with zero attached hydrogens (tertiary/aromatic N) is 1. The highest BCUT2D eigenvalue weighted by atomic mass is 32.1. The molecule has 0 bridgehead atoms. The average molecular weight is 265 g/mol. The predicted molar refractivity (Wildman–Crippen MR) is 55.8 cm³/mol. The van der Waals surface area contributed by atoms with Crippen molar-refractivity contribution in [3.05, 3.63) is 39.4 Å². The van der Waals surface area contributed by atoms with Crippen molar-refractivity contribution in [1.29, 1.82) is 0 Å². The minimum absolute atomic E-state index is 0.0944. The number of hydrogen-bond acceptors (Lipinski definition) is 3. The summed E-state index contributed by atoms with van der Waals surface area (Å²) in [6, 6.07) is 2.01. The number of alkyl halides is 3. The van der Waals surface area contributed by atoms with E-state index < -0.39 is 33.9 Å². The summed E-state index contributed by atoms with van der Waals surface area (Å²) in [6.07, 6.45) is -5.05. The Bertz CT molecular complexity index is 473. The number of rotatable bonds is 3. The quantitative estimate of drug-likeness (QED) is 0.519. The van der Waals surface area contributed by atoms with E-state index in [2.05, 4.69) is 12.6 Å². The third-order valence-electron chi connectivity index (χ3n) is 1.95. The summed E-state index contributed by atoms with van der Waals surface area (Å²) >= 11 is 3.42. The fourth-order valence-corrected chi connectivity index (χ4v) is 1.39. The second-order valence-electron chi connectivity index (χ2n) is 3.17. The number of hydrogen-bond donors (Lipinski definition) is 1. The molecule has 1 aromatic rings. The van der Waals surface area contributed by atoms with Crippen molar-refractivity contribution in [1.82, 2.24) is 0 Å². The molecule has 17 heavy (non-hydrogen) atoms. The monoisotopic (exact) mass is 265 g/mol. The van der Waals surface area contributed by atoms with Crippen LogP contribution < -0.4 is 0 Å². The number of carbonyl (C=O) groups is 1. The first-order valence-electron chi connectivity index (χ1n) is 4.28. The summed E-state index contributed by atoms with van der Waals surface area (Å²) in [5.74, 6) is 0. The smallest absolute Gasteiger partial charge is 0.287 e. The first kappa shape index (κ1) is 13.5. The van der Waals surface area contributed by atoms with Crippen molar-refractivity contribution < 1.29 is 22.9 Å². The van der Waals surface area contributed by atoms with E-state index in [0.29, 0.717) is 12.1 Å². The molecule has 0 aliphatic heterocycles. The lowest BCUT2D eigenvalue weighted by Gasteiger charge is -2.07. The normalized spacial score (nSPS) is 11.3. The molecule has 0 unspecified atom stereocenters. The predicted octanol–water partition coefficient (Wildman–Crippen LogP) is 2.61. The van der Waals surface area contributed by atoms with Crippen LogP contribution in [0.4, 0.5) is 18.9 Å². The molecule has 0 spiro atoms. The lowest BCUT2D eigenvalue weighted by Crippen LogP contribution is -2.07. The summed E-state index contributed by atoms with van der Waals surface area (Å²) in [7, 11) is 0. The van der Waals surface area contributed by atoms with Crippen molar-refractivity contribution >= 4 is 23.4 Å². The summed E-state index contributed by atoms with van der Waals surface area (Å²) < 4.78 is 37.0. The van der Waals surface area contributed by atoms with Crippen LogP contribution in [0.5, 0.6) is 0 Å². The molecule has 0 aliphatic rings. The summed E-state index contributed by atoms with van der Waals surface area (Å²) in [4.78, 5) is 20.3. The van der Waals surface area contributed by atoms with E-state index >= 15 is 0 Å². The van der Waals surface area contributed by atoms with Crippen LogP contribution in [-0.4, -0.2) is 10.0 Å². The molecule has 0 N–H and O–H groups in total. The van der Waals surface area contributed by atoms with E-state index in [1.807, 2.05) is 0 Å². The first-order chi connectivity index (χ1) is 7.71. The molecule has 0 saturated heterocycles. The minimum atomic E-state index is -4.66. The Morgan fingerprint density at radius 1 is 1.41 bits per heavy atom. The summed E-state index contributed by atoms with van der Waals surface area (Å²) in [6.45, 7) is 0. The second-order valence-corrected chi connectivity index (χ2v) is 3.67. The topological polar surface area (TPSA) is 60.2 Å². The maximum absolute atomic E-state index is 12.3. The Balaban J connectivity index is 3.27. The molecule has 8 heteroatoms. The Morgan fingerprint density at radius 2 is 2.00 bits per heavy atom. The fraction of sp³-hybridized carbons (Fsp3) is 0.222. The van der Waals surface area contributed by atoms with Gasteiger partial charge in [-0.05, 0) is 6.07 Å². The second kappa shape index (κ2) is 4.74. The van der Waals surface area contributed by atoms with Gasteiger partial charge in [-0.1, -0.05) is 6.07 Å². The van der Waals surface area contributed by atoms with Crippen LogP contribution in [0, 0.1) is 10.1 Å².